The number of aromatic amines is 1. The van der Waals surface area contributed by atoms with Gasteiger partial charge in [0.15, 0.2) is 5.78 Å². The molecule has 0 aliphatic carbocycles. The van der Waals surface area contributed by atoms with Crippen molar-refractivity contribution in [2.45, 2.75) is 19.9 Å². The molecule has 0 amide bonds. The van der Waals surface area contributed by atoms with Gasteiger partial charge in [-0.15, -0.1) is 0 Å². The highest BCUT2D eigenvalue weighted by Gasteiger charge is 2.21. The molecule has 2 heterocycles. The molecule has 0 saturated carbocycles. The predicted octanol–water partition coefficient (Wildman–Crippen LogP) is 3.60. The number of nitriles is 1. The summed E-state index contributed by atoms with van der Waals surface area (Å²) < 4.78 is 0. The summed E-state index contributed by atoms with van der Waals surface area (Å²) in [6.45, 7) is 7.16. The van der Waals surface area contributed by atoms with Crippen molar-refractivity contribution in [3.63, 3.8) is 0 Å². The van der Waals surface area contributed by atoms with Crippen LogP contribution in [0.1, 0.15) is 34.0 Å². The Labute approximate surface area is 171 Å². The second kappa shape index (κ2) is 8.60. The molecule has 5 heteroatoms. The van der Waals surface area contributed by atoms with Crippen LogP contribution in [0.4, 0.5) is 0 Å². The fourth-order valence-corrected chi connectivity index (χ4v) is 4.08. The van der Waals surface area contributed by atoms with Crippen molar-refractivity contribution in [1.82, 2.24) is 14.8 Å². The summed E-state index contributed by atoms with van der Waals surface area (Å²) in [5, 5.41) is 9.94. The second-order valence-electron chi connectivity index (χ2n) is 7.68. The van der Waals surface area contributed by atoms with Gasteiger partial charge in [-0.3, -0.25) is 14.6 Å². The molecule has 5 nitrogen and oxygen atoms in total. The maximum absolute atomic E-state index is 12.9. The highest BCUT2D eigenvalue weighted by molar-refractivity contribution is 6.09. The van der Waals surface area contributed by atoms with Crippen LogP contribution in [0.15, 0.2) is 48.7 Å². The molecule has 1 aliphatic heterocycles. The number of para-hydroxylation sites is 1. The SMILES string of the molecule is CCc1cccc2c(C(=O)CN3CCN(Cc4ccc(C#N)cc4)CC3)c[nH]c12. The number of piperazine rings is 1. The number of fused-ring (bicyclic) bond motifs is 1. The molecule has 1 fully saturated rings. The Kier molecular flexibility index (Phi) is 5.75. The molecule has 0 atom stereocenters. The van der Waals surface area contributed by atoms with Crippen LogP contribution < -0.4 is 0 Å². The molecule has 4 rings (SSSR count). The van der Waals surface area contributed by atoms with E-state index in [0.717, 1.165) is 55.6 Å². The van der Waals surface area contributed by atoms with Gasteiger partial charge in [0.05, 0.1) is 18.2 Å². The first-order chi connectivity index (χ1) is 14.2. The highest BCUT2D eigenvalue weighted by Crippen LogP contribution is 2.23. The Hall–Kier alpha value is -2.94. The zero-order chi connectivity index (χ0) is 20.2. The number of nitrogens with one attached hydrogen (secondary N) is 1. The molecule has 148 valence electrons. The van der Waals surface area contributed by atoms with Gasteiger partial charge < -0.3 is 4.98 Å². The topological polar surface area (TPSA) is 63.1 Å². The number of aromatic nitrogens is 1. The van der Waals surface area contributed by atoms with Crippen molar-refractivity contribution >= 4 is 16.7 Å². The standard InChI is InChI=1S/C24H26N4O/c1-2-20-4-3-5-21-22(15-26-24(20)21)23(29)17-28-12-10-27(11-13-28)16-19-8-6-18(14-25)7-9-19/h3-9,15,26H,2,10-13,16-17H2,1H3. The van der Waals surface area contributed by atoms with E-state index in [1.807, 2.05) is 42.6 Å². The fraction of sp³-hybridized carbons (Fsp3) is 0.333. The summed E-state index contributed by atoms with van der Waals surface area (Å²) in [5.41, 5.74) is 5.05. The van der Waals surface area contributed by atoms with E-state index in [0.29, 0.717) is 12.1 Å². The minimum atomic E-state index is 0.185. The number of rotatable bonds is 6. The number of carbonyl (C=O) groups is 1. The first kappa shape index (κ1) is 19.4. The molecular formula is C24H26N4O. The van der Waals surface area contributed by atoms with E-state index in [4.69, 9.17) is 5.26 Å². The predicted molar refractivity (Wildman–Crippen MR) is 115 cm³/mol. The number of Topliss-reactive ketones (excluding diaryl/α,β-unsaturated/α-hetero) is 1. The minimum absolute atomic E-state index is 0.185. The Bertz CT molecular complexity index is 1040. The fourth-order valence-electron chi connectivity index (χ4n) is 4.08. The lowest BCUT2D eigenvalue weighted by Crippen LogP contribution is -2.47. The third kappa shape index (κ3) is 4.24. The number of nitrogens with zero attached hydrogens (tertiary/aromatic N) is 3. The number of benzene rings is 2. The number of hydrogen-bond acceptors (Lipinski definition) is 4. The van der Waals surface area contributed by atoms with Crippen molar-refractivity contribution in [2.75, 3.05) is 32.7 Å². The third-order valence-electron chi connectivity index (χ3n) is 5.80. The maximum atomic E-state index is 12.9. The number of hydrogen-bond donors (Lipinski definition) is 1. The van der Waals surface area contributed by atoms with E-state index in [9.17, 15) is 4.79 Å². The number of ketones is 1. The van der Waals surface area contributed by atoms with Crippen molar-refractivity contribution < 1.29 is 4.79 Å². The van der Waals surface area contributed by atoms with Crippen LogP contribution >= 0.6 is 0 Å². The van der Waals surface area contributed by atoms with Crippen LogP contribution in [-0.4, -0.2) is 53.3 Å². The van der Waals surface area contributed by atoms with Gasteiger partial charge in [0.2, 0.25) is 0 Å². The van der Waals surface area contributed by atoms with Crippen LogP contribution in [0.25, 0.3) is 10.9 Å². The zero-order valence-corrected chi connectivity index (χ0v) is 16.8. The molecular weight excluding hydrogens is 360 g/mol. The van der Waals surface area contributed by atoms with Crippen LogP contribution in [0, 0.1) is 11.3 Å². The summed E-state index contributed by atoms with van der Waals surface area (Å²) in [7, 11) is 0. The van der Waals surface area contributed by atoms with E-state index in [1.54, 1.807) is 0 Å². The van der Waals surface area contributed by atoms with Crippen molar-refractivity contribution in [1.29, 1.82) is 5.26 Å². The summed E-state index contributed by atoms with van der Waals surface area (Å²) in [6, 6.07) is 16.1. The second-order valence-corrected chi connectivity index (χ2v) is 7.68. The Morgan fingerprint density at radius 2 is 1.79 bits per heavy atom. The molecule has 1 aliphatic rings. The monoisotopic (exact) mass is 386 g/mol. The van der Waals surface area contributed by atoms with Crippen LogP contribution in [-0.2, 0) is 13.0 Å². The van der Waals surface area contributed by atoms with Gasteiger partial charge in [-0.25, -0.2) is 0 Å². The molecule has 1 N–H and O–H groups in total. The van der Waals surface area contributed by atoms with E-state index in [2.05, 4.69) is 33.8 Å². The van der Waals surface area contributed by atoms with Gasteiger partial charge in [0.25, 0.3) is 0 Å². The Balaban J connectivity index is 1.33. The summed E-state index contributed by atoms with van der Waals surface area (Å²) in [6.07, 6.45) is 2.82. The average molecular weight is 386 g/mol. The van der Waals surface area contributed by atoms with Gasteiger partial charge in [0, 0.05) is 55.4 Å². The van der Waals surface area contributed by atoms with Gasteiger partial charge >= 0.3 is 0 Å². The Morgan fingerprint density at radius 1 is 1.07 bits per heavy atom. The van der Waals surface area contributed by atoms with E-state index >= 15 is 0 Å². The number of H-pyrrole nitrogens is 1. The zero-order valence-electron chi connectivity index (χ0n) is 16.8. The van der Waals surface area contributed by atoms with Crippen molar-refractivity contribution in [2.24, 2.45) is 0 Å². The quantitative estimate of drug-likeness (QED) is 0.658. The average Bonchev–Trinajstić information content (AvgIpc) is 3.20. The normalized spacial score (nSPS) is 15.4. The van der Waals surface area contributed by atoms with Gasteiger partial charge in [-0.05, 0) is 29.7 Å². The van der Waals surface area contributed by atoms with E-state index < -0.39 is 0 Å². The molecule has 0 radical (unpaired) electrons. The Morgan fingerprint density at radius 3 is 2.48 bits per heavy atom. The third-order valence-corrected chi connectivity index (χ3v) is 5.80. The number of carbonyl (C=O) groups excluding carboxylic acids is 1. The first-order valence-electron chi connectivity index (χ1n) is 10.2. The number of aryl methyl sites for hydroxylation is 1. The summed E-state index contributed by atoms with van der Waals surface area (Å²) in [5.74, 6) is 0.185. The molecule has 29 heavy (non-hydrogen) atoms. The molecule has 1 aromatic heterocycles. The first-order valence-corrected chi connectivity index (χ1v) is 10.2. The molecule has 0 spiro atoms. The van der Waals surface area contributed by atoms with Crippen LogP contribution in [0.5, 0.6) is 0 Å². The van der Waals surface area contributed by atoms with Gasteiger partial charge in [-0.1, -0.05) is 37.3 Å². The molecule has 1 saturated heterocycles. The van der Waals surface area contributed by atoms with Gasteiger partial charge in [0.1, 0.15) is 0 Å². The lowest BCUT2D eigenvalue weighted by molar-refractivity contribution is 0.0845. The molecule has 3 aromatic rings. The largest absolute Gasteiger partial charge is 0.360 e. The smallest absolute Gasteiger partial charge is 0.178 e. The van der Waals surface area contributed by atoms with E-state index in [-0.39, 0.29) is 5.78 Å². The van der Waals surface area contributed by atoms with Crippen molar-refractivity contribution in [3.8, 4) is 6.07 Å². The lowest BCUT2D eigenvalue weighted by atomic mass is 10.0. The minimum Gasteiger partial charge on any atom is -0.360 e. The maximum Gasteiger partial charge on any atom is 0.178 e. The lowest BCUT2D eigenvalue weighted by Gasteiger charge is -2.34. The van der Waals surface area contributed by atoms with Crippen LogP contribution in [0.2, 0.25) is 0 Å². The van der Waals surface area contributed by atoms with Gasteiger partial charge in [-0.2, -0.15) is 5.26 Å². The van der Waals surface area contributed by atoms with Crippen molar-refractivity contribution in [3.05, 3.63) is 70.9 Å². The van der Waals surface area contributed by atoms with E-state index in [1.165, 1.54) is 11.1 Å². The molecule has 2 aromatic carbocycles. The summed E-state index contributed by atoms with van der Waals surface area (Å²) >= 11 is 0. The summed E-state index contributed by atoms with van der Waals surface area (Å²) in [4.78, 5) is 20.9. The molecule has 0 unspecified atom stereocenters. The highest BCUT2D eigenvalue weighted by atomic mass is 16.1. The van der Waals surface area contributed by atoms with Crippen LogP contribution in [0.3, 0.4) is 0 Å². The molecule has 0 bridgehead atoms.